The third-order valence-electron chi connectivity index (χ3n) is 9.55. The molecule has 9 rings (SSSR count). The monoisotopic (exact) mass is 635 g/mol. The highest BCUT2D eigenvalue weighted by Gasteiger charge is 2.18. The number of benzene rings is 7. The average molecular weight is 636 g/mol. The van der Waals surface area contributed by atoms with Crippen LogP contribution in [0.4, 0.5) is 5.69 Å². The summed E-state index contributed by atoms with van der Waals surface area (Å²) in [4.78, 5) is 3.70. The van der Waals surface area contributed by atoms with Crippen molar-refractivity contribution in [3.05, 3.63) is 174 Å². The maximum absolute atomic E-state index is 10.4. The molecule has 7 aromatic carbocycles. The molecule has 9 aromatic rings. The van der Waals surface area contributed by atoms with Gasteiger partial charge in [0.15, 0.2) is 5.69 Å². The largest absolute Gasteiger partial charge is 0.309 e. The number of nitrogens with zero attached hydrogens (tertiary/aromatic N) is 5. The van der Waals surface area contributed by atoms with Crippen molar-refractivity contribution in [2.45, 2.75) is 0 Å². The molecule has 0 saturated carbocycles. The molecule has 0 aliphatic heterocycles. The van der Waals surface area contributed by atoms with Crippen molar-refractivity contribution in [2.24, 2.45) is 0 Å². The molecule has 5 nitrogen and oxygen atoms in total. The van der Waals surface area contributed by atoms with E-state index in [9.17, 15) is 10.5 Å². The quantitative estimate of drug-likeness (QED) is 0.181. The first kappa shape index (κ1) is 28.8. The topological polar surface area (TPSA) is 61.8 Å². The lowest BCUT2D eigenvalue weighted by Gasteiger charge is -2.17. The van der Waals surface area contributed by atoms with E-state index in [0.717, 1.165) is 77.2 Å². The molecule has 0 N–H and O–H groups in total. The van der Waals surface area contributed by atoms with E-state index in [0.29, 0.717) is 16.8 Å². The molecule has 0 saturated heterocycles. The van der Waals surface area contributed by atoms with Crippen molar-refractivity contribution in [2.75, 3.05) is 0 Å². The molecular formula is C45H25N5. The maximum Gasteiger partial charge on any atom is 0.188 e. The van der Waals surface area contributed by atoms with Crippen LogP contribution in [0.1, 0.15) is 11.1 Å². The van der Waals surface area contributed by atoms with Crippen LogP contribution >= 0.6 is 0 Å². The van der Waals surface area contributed by atoms with Crippen LogP contribution < -0.4 is 0 Å². The summed E-state index contributed by atoms with van der Waals surface area (Å²) in [5, 5.41) is 24.2. The Balaban J connectivity index is 1.33. The van der Waals surface area contributed by atoms with E-state index < -0.39 is 0 Å². The Bertz CT molecular complexity index is 2960. The number of hydrogen-bond acceptors (Lipinski definition) is 2. The molecule has 5 heteroatoms. The van der Waals surface area contributed by atoms with E-state index in [4.69, 9.17) is 6.57 Å². The Labute approximate surface area is 288 Å². The highest BCUT2D eigenvalue weighted by Crippen LogP contribution is 2.40. The number of nitriles is 2. The van der Waals surface area contributed by atoms with Gasteiger partial charge in [-0.2, -0.15) is 10.5 Å². The SMILES string of the molecule is [C-]#[N+]c1ccc2c(c1)c1ccccc1n2-c1ccc(-c2ccccc2)c(-c2cc(C#N)cc(-n3c4ccccc4c4cc(C#N)ccc43)c2)c1. The van der Waals surface area contributed by atoms with Crippen LogP contribution in [0.25, 0.3) is 82.1 Å². The van der Waals surface area contributed by atoms with E-state index in [2.05, 4.69) is 86.8 Å². The molecule has 0 amide bonds. The molecule has 0 aliphatic rings. The van der Waals surface area contributed by atoms with Gasteiger partial charge in [-0.1, -0.05) is 78.9 Å². The van der Waals surface area contributed by atoms with Gasteiger partial charge in [0, 0.05) is 27.5 Å². The van der Waals surface area contributed by atoms with Gasteiger partial charge in [-0.05, 0) is 100 Å². The van der Waals surface area contributed by atoms with Gasteiger partial charge in [0.25, 0.3) is 0 Å². The Kier molecular flexibility index (Phi) is 6.56. The number of para-hydroxylation sites is 2. The maximum atomic E-state index is 10.4. The number of rotatable bonds is 4. The second-order valence-electron chi connectivity index (χ2n) is 12.3. The van der Waals surface area contributed by atoms with Gasteiger partial charge < -0.3 is 9.13 Å². The number of fused-ring (bicyclic) bond motifs is 6. The van der Waals surface area contributed by atoms with Gasteiger partial charge in [-0.3, -0.25) is 0 Å². The Morgan fingerprint density at radius 2 is 1.06 bits per heavy atom. The molecule has 0 spiro atoms. The van der Waals surface area contributed by atoms with E-state index in [1.54, 1.807) is 0 Å². The lowest BCUT2D eigenvalue weighted by atomic mass is 9.92. The van der Waals surface area contributed by atoms with Crippen molar-refractivity contribution in [3.63, 3.8) is 0 Å². The normalized spacial score (nSPS) is 11.1. The fourth-order valence-electron chi connectivity index (χ4n) is 7.37. The standard InChI is InChI=1S/C45H25N5/c1-48-33-16-20-45-41(25-33)38-12-6-7-13-42(38)49(45)34-17-18-36(31-9-3-2-4-10-31)39(26-34)32-21-30(28-47)22-35(24-32)50-43-14-8-5-11-37(43)40-23-29(27-46)15-19-44(40)50/h2-26H. The summed E-state index contributed by atoms with van der Waals surface area (Å²) in [5.74, 6) is 0. The van der Waals surface area contributed by atoms with E-state index in [1.165, 1.54) is 0 Å². The first-order valence-electron chi connectivity index (χ1n) is 16.2. The summed E-state index contributed by atoms with van der Waals surface area (Å²) in [7, 11) is 0. The zero-order valence-corrected chi connectivity index (χ0v) is 26.7. The first-order chi connectivity index (χ1) is 24.6. The molecule has 0 radical (unpaired) electrons. The minimum absolute atomic E-state index is 0.546. The second kappa shape index (κ2) is 11.4. The zero-order chi connectivity index (χ0) is 33.8. The smallest absolute Gasteiger partial charge is 0.188 e. The molecule has 0 bridgehead atoms. The summed E-state index contributed by atoms with van der Waals surface area (Å²) in [5.41, 5.74) is 11.7. The van der Waals surface area contributed by atoms with Crippen LogP contribution in [0.5, 0.6) is 0 Å². The van der Waals surface area contributed by atoms with E-state index in [-0.39, 0.29) is 0 Å². The molecular weight excluding hydrogens is 611 g/mol. The van der Waals surface area contributed by atoms with Crippen LogP contribution in [0, 0.1) is 29.2 Å². The van der Waals surface area contributed by atoms with Crippen molar-refractivity contribution < 1.29 is 0 Å². The highest BCUT2D eigenvalue weighted by atomic mass is 15.0. The predicted molar refractivity (Wildman–Crippen MR) is 202 cm³/mol. The lowest BCUT2D eigenvalue weighted by molar-refractivity contribution is 1.17. The summed E-state index contributed by atoms with van der Waals surface area (Å²) in [6.07, 6.45) is 0. The van der Waals surface area contributed by atoms with Crippen molar-refractivity contribution in [1.82, 2.24) is 9.13 Å². The van der Waals surface area contributed by atoms with Crippen LogP contribution in [-0.2, 0) is 0 Å². The fourth-order valence-corrected chi connectivity index (χ4v) is 7.37. The summed E-state index contributed by atoms with van der Waals surface area (Å²) < 4.78 is 4.44. The fraction of sp³-hybridized carbons (Fsp3) is 0. The summed E-state index contributed by atoms with van der Waals surface area (Å²) in [6, 6.07) is 55.7. The third-order valence-corrected chi connectivity index (χ3v) is 9.55. The molecule has 2 aromatic heterocycles. The molecule has 0 atom stereocenters. The van der Waals surface area contributed by atoms with Gasteiger partial charge in [0.1, 0.15) is 0 Å². The number of hydrogen-bond donors (Lipinski definition) is 0. The minimum atomic E-state index is 0.546. The number of aromatic nitrogens is 2. The summed E-state index contributed by atoms with van der Waals surface area (Å²) in [6.45, 7) is 7.62. The Hall–Kier alpha value is -7.39. The Morgan fingerprint density at radius 3 is 1.76 bits per heavy atom. The highest BCUT2D eigenvalue weighted by molar-refractivity contribution is 6.11. The van der Waals surface area contributed by atoms with Crippen LogP contribution in [0.15, 0.2) is 152 Å². The molecule has 0 fully saturated rings. The second-order valence-corrected chi connectivity index (χ2v) is 12.3. The van der Waals surface area contributed by atoms with Crippen molar-refractivity contribution in [1.29, 1.82) is 10.5 Å². The van der Waals surface area contributed by atoms with Crippen LogP contribution in [0.2, 0.25) is 0 Å². The van der Waals surface area contributed by atoms with Crippen LogP contribution in [0.3, 0.4) is 0 Å². The van der Waals surface area contributed by atoms with E-state index >= 15 is 0 Å². The first-order valence-corrected chi connectivity index (χ1v) is 16.2. The molecule has 230 valence electrons. The third kappa shape index (κ3) is 4.45. The van der Waals surface area contributed by atoms with Gasteiger partial charge in [0.05, 0.1) is 51.9 Å². The average Bonchev–Trinajstić information content (AvgIpc) is 3.70. The predicted octanol–water partition coefficient (Wildman–Crippen LogP) is 11.5. The summed E-state index contributed by atoms with van der Waals surface area (Å²) >= 11 is 0. The van der Waals surface area contributed by atoms with Crippen molar-refractivity contribution >= 4 is 49.3 Å². The van der Waals surface area contributed by atoms with E-state index in [1.807, 2.05) is 91.0 Å². The van der Waals surface area contributed by atoms with Gasteiger partial charge >= 0.3 is 0 Å². The van der Waals surface area contributed by atoms with Gasteiger partial charge in [-0.25, -0.2) is 4.85 Å². The molecule has 50 heavy (non-hydrogen) atoms. The van der Waals surface area contributed by atoms with Gasteiger partial charge in [0.2, 0.25) is 0 Å². The van der Waals surface area contributed by atoms with Gasteiger partial charge in [-0.15, -0.1) is 0 Å². The van der Waals surface area contributed by atoms with Crippen molar-refractivity contribution in [3.8, 4) is 45.8 Å². The molecule has 0 unspecified atom stereocenters. The molecule has 0 aliphatic carbocycles. The van der Waals surface area contributed by atoms with Crippen LogP contribution in [-0.4, -0.2) is 9.13 Å². The Morgan fingerprint density at radius 1 is 0.440 bits per heavy atom. The zero-order valence-electron chi connectivity index (χ0n) is 26.7. The molecule has 2 heterocycles. The lowest BCUT2D eigenvalue weighted by Crippen LogP contribution is -1.98. The minimum Gasteiger partial charge on any atom is -0.309 e.